The summed E-state index contributed by atoms with van der Waals surface area (Å²) >= 11 is 0. The molecule has 4 saturated carbocycles. The SMILES string of the molecule is CCCO[C@@H]1C[C@@]2(C)[C@@H](CC[C@@H]3[C@@H]2CC[C@]2(C)[C@H](OC)CC[C@@H]32)C[C@@H]1O. The lowest BCUT2D eigenvalue weighted by atomic mass is 9.45. The average molecular weight is 365 g/mol. The van der Waals surface area contributed by atoms with Crippen molar-refractivity contribution in [3.8, 4) is 0 Å². The molecule has 0 heterocycles. The van der Waals surface area contributed by atoms with Gasteiger partial charge < -0.3 is 14.6 Å². The van der Waals surface area contributed by atoms with Crippen molar-refractivity contribution in [2.75, 3.05) is 13.7 Å². The second-order valence-corrected chi connectivity index (χ2v) is 10.4. The molecule has 3 nitrogen and oxygen atoms in total. The molecule has 150 valence electrons. The van der Waals surface area contributed by atoms with Gasteiger partial charge in [-0.2, -0.15) is 0 Å². The van der Waals surface area contributed by atoms with Crippen LogP contribution < -0.4 is 0 Å². The molecule has 0 aromatic rings. The van der Waals surface area contributed by atoms with Crippen LogP contribution in [0.15, 0.2) is 0 Å². The van der Waals surface area contributed by atoms with Gasteiger partial charge in [0.2, 0.25) is 0 Å². The Bertz CT molecular complexity index is 508. The minimum atomic E-state index is -0.255. The summed E-state index contributed by atoms with van der Waals surface area (Å²) < 4.78 is 12.0. The highest BCUT2D eigenvalue weighted by Gasteiger charge is 2.61. The number of fused-ring (bicyclic) bond motifs is 5. The Kier molecular flexibility index (Phi) is 5.20. The van der Waals surface area contributed by atoms with E-state index in [9.17, 15) is 5.11 Å². The molecular formula is C23H40O3. The zero-order valence-corrected chi connectivity index (χ0v) is 17.4. The van der Waals surface area contributed by atoms with Gasteiger partial charge in [-0.05, 0) is 92.3 Å². The lowest BCUT2D eigenvalue weighted by molar-refractivity contribution is -0.175. The van der Waals surface area contributed by atoms with Gasteiger partial charge in [0, 0.05) is 13.7 Å². The first kappa shape index (κ1) is 19.2. The molecule has 0 bridgehead atoms. The molecule has 26 heavy (non-hydrogen) atoms. The summed E-state index contributed by atoms with van der Waals surface area (Å²) in [5.74, 6) is 3.20. The van der Waals surface area contributed by atoms with E-state index in [0.29, 0.717) is 22.9 Å². The second-order valence-electron chi connectivity index (χ2n) is 10.4. The van der Waals surface area contributed by atoms with E-state index in [2.05, 4.69) is 20.8 Å². The van der Waals surface area contributed by atoms with E-state index >= 15 is 0 Å². The van der Waals surface area contributed by atoms with Crippen molar-refractivity contribution in [1.82, 2.24) is 0 Å². The summed E-state index contributed by atoms with van der Waals surface area (Å²) in [7, 11) is 1.92. The number of ether oxygens (including phenoxy) is 2. The van der Waals surface area contributed by atoms with Crippen LogP contribution in [-0.4, -0.2) is 37.1 Å². The number of rotatable bonds is 4. The molecule has 1 N–H and O–H groups in total. The first-order valence-electron chi connectivity index (χ1n) is 11.3. The lowest BCUT2D eigenvalue weighted by Crippen LogP contribution is -2.57. The van der Waals surface area contributed by atoms with Crippen LogP contribution in [-0.2, 0) is 9.47 Å². The van der Waals surface area contributed by atoms with Crippen LogP contribution in [0.4, 0.5) is 0 Å². The van der Waals surface area contributed by atoms with Crippen molar-refractivity contribution >= 4 is 0 Å². The molecule has 0 aromatic heterocycles. The van der Waals surface area contributed by atoms with Crippen molar-refractivity contribution in [1.29, 1.82) is 0 Å². The van der Waals surface area contributed by atoms with E-state index in [0.717, 1.165) is 43.6 Å². The largest absolute Gasteiger partial charge is 0.390 e. The van der Waals surface area contributed by atoms with Crippen LogP contribution in [0.1, 0.15) is 78.6 Å². The third-order valence-corrected chi connectivity index (χ3v) is 9.40. The normalized spacial score (nSPS) is 53.7. The van der Waals surface area contributed by atoms with E-state index < -0.39 is 0 Å². The van der Waals surface area contributed by atoms with Gasteiger partial charge in [-0.1, -0.05) is 20.8 Å². The Morgan fingerprint density at radius 1 is 1.00 bits per heavy atom. The van der Waals surface area contributed by atoms with E-state index in [-0.39, 0.29) is 12.2 Å². The average Bonchev–Trinajstić information content (AvgIpc) is 2.97. The van der Waals surface area contributed by atoms with Crippen LogP contribution in [0.5, 0.6) is 0 Å². The van der Waals surface area contributed by atoms with E-state index in [1.54, 1.807) is 0 Å². The van der Waals surface area contributed by atoms with Crippen LogP contribution >= 0.6 is 0 Å². The smallest absolute Gasteiger partial charge is 0.0839 e. The quantitative estimate of drug-likeness (QED) is 0.778. The Balaban J connectivity index is 1.56. The molecule has 4 aliphatic rings. The van der Waals surface area contributed by atoms with Crippen LogP contribution in [0.2, 0.25) is 0 Å². The highest BCUT2D eigenvalue weighted by molar-refractivity contribution is 5.10. The maximum atomic E-state index is 10.7. The molecule has 3 heteroatoms. The number of aliphatic hydroxyl groups is 1. The van der Waals surface area contributed by atoms with Gasteiger partial charge in [0.05, 0.1) is 18.3 Å². The monoisotopic (exact) mass is 364 g/mol. The fourth-order valence-electron chi connectivity index (χ4n) is 8.03. The zero-order chi connectivity index (χ0) is 18.5. The Morgan fingerprint density at radius 3 is 2.50 bits per heavy atom. The second kappa shape index (κ2) is 7.04. The predicted octanol–water partition coefficient (Wildman–Crippen LogP) is 4.81. The zero-order valence-electron chi connectivity index (χ0n) is 17.4. The summed E-state index contributed by atoms with van der Waals surface area (Å²) in [4.78, 5) is 0. The van der Waals surface area contributed by atoms with Crippen LogP contribution in [0, 0.1) is 34.5 Å². The summed E-state index contributed by atoms with van der Waals surface area (Å²) in [5, 5.41) is 10.7. The molecule has 4 rings (SSSR count). The van der Waals surface area contributed by atoms with Crippen molar-refractivity contribution in [2.24, 2.45) is 34.5 Å². The van der Waals surface area contributed by atoms with E-state index in [1.807, 2.05) is 7.11 Å². The molecule has 0 unspecified atom stereocenters. The number of hydrogen-bond donors (Lipinski definition) is 1. The number of hydrogen-bond acceptors (Lipinski definition) is 3. The minimum absolute atomic E-state index is 0.0542. The van der Waals surface area contributed by atoms with Gasteiger partial charge in [0.1, 0.15) is 0 Å². The summed E-state index contributed by atoms with van der Waals surface area (Å²) in [6.07, 6.45) is 11.3. The van der Waals surface area contributed by atoms with Gasteiger partial charge in [0.25, 0.3) is 0 Å². The number of methoxy groups -OCH3 is 1. The summed E-state index contributed by atoms with van der Waals surface area (Å²) in [5.41, 5.74) is 0.748. The number of aliphatic hydroxyl groups excluding tert-OH is 1. The molecule has 0 aromatic carbocycles. The lowest BCUT2D eigenvalue weighted by Gasteiger charge is -2.61. The Hall–Kier alpha value is -0.120. The first-order valence-corrected chi connectivity index (χ1v) is 11.3. The molecule has 4 fully saturated rings. The van der Waals surface area contributed by atoms with Crippen molar-refractivity contribution in [3.63, 3.8) is 0 Å². The summed E-state index contributed by atoms with van der Waals surface area (Å²) in [6.45, 7) is 8.01. The van der Waals surface area contributed by atoms with Gasteiger partial charge in [-0.25, -0.2) is 0 Å². The van der Waals surface area contributed by atoms with Crippen molar-refractivity contribution in [2.45, 2.75) is 96.9 Å². The third-order valence-electron chi connectivity index (χ3n) is 9.40. The Labute approximate surface area is 160 Å². The maximum absolute atomic E-state index is 10.7. The highest BCUT2D eigenvalue weighted by Crippen LogP contribution is 2.66. The third kappa shape index (κ3) is 2.79. The van der Waals surface area contributed by atoms with Gasteiger partial charge >= 0.3 is 0 Å². The molecule has 4 aliphatic carbocycles. The standard InChI is InChI=1S/C23H40O3/c1-5-12-26-20-14-23(3)15(13-19(20)24)6-7-16-17-8-9-21(25-4)22(17,2)11-10-18(16)23/h15-21,24H,5-14H2,1-4H3/t15-,16-,17-,18-,19-,20+,21+,22-,23-/m0/s1. The van der Waals surface area contributed by atoms with Gasteiger partial charge in [0.15, 0.2) is 0 Å². The van der Waals surface area contributed by atoms with Gasteiger partial charge in [-0.3, -0.25) is 0 Å². The van der Waals surface area contributed by atoms with E-state index in [4.69, 9.17) is 9.47 Å². The fraction of sp³-hybridized carbons (Fsp3) is 1.00. The molecule has 0 spiro atoms. The maximum Gasteiger partial charge on any atom is 0.0839 e. The Morgan fingerprint density at radius 2 is 1.77 bits per heavy atom. The highest BCUT2D eigenvalue weighted by atomic mass is 16.5. The molecule has 0 saturated heterocycles. The van der Waals surface area contributed by atoms with Crippen molar-refractivity contribution < 1.29 is 14.6 Å². The summed E-state index contributed by atoms with van der Waals surface area (Å²) in [6, 6.07) is 0. The van der Waals surface area contributed by atoms with Crippen molar-refractivity contribution in [3.05, 3.63) is 0 Å². The predicted molar refractivity (Wildman–Crippen MR) is 104 cm³/mol. The minimum Gasteiger partial charge on any atom is -0.390 e. The van der Waals surface area contributed by atoms with Crippen LogP contribution in [0.3, 0.4) is 0 Å². The molecule has 0 aliphatic heterocycles. The molecular weight excluding hydrogens is 324 g/mol. The first-order chi connectivity index (χ1) is 12.4. The topological polar surface area (TPSA) is 38.7 Å². The van der Waals surface area contributed by atoms with Crippen LogP contribution in [0.25, 0.3) is 0 Å². The fourth-order valence-corrected chi connectivity index (χ4v) is 8.03. The van der Waals surface area contributed by atoms with Gasteiger partial charge in [-0.15, -0.1) is 0 Å². The molecule has 0 amide bonds. The van der Waals surface area contributed by atoms with E-state index in [1.165, 1.54) is 38.5 Å². The molecule has 0 radical (unpaired) electrons. The molecule has 9 atom stereocenters.